The zero-order chi connectivity index (χ0) is 13.8. The fourth-order valence-electron chi connectivity index (χ4n) is 2.25. The molecule has 2 rings (SSSR count). The van der Waals surface area contributed by atoms with E-state index in [1.807, 2.05) is 0 Å². The van der Waals surface area contributed by atoms with Gasteiger partial charge < -0.3 is 5.32 Å². The Bertz CT molecular complexity index is 465. The van der Waals surface area contributed by atoms with E-state index in [0.717, 1.165) is 38.2 Å². The van der Waals surface area contributed by atoms with Crippen LogP contribution in [0.15, 0.2) is 12.1 Å². The molecule has 1 aliphatic rings. The molecule has 5 heteroatoms. The average molecular weight is 318 g/mol. The van der Waals surface area contributed by atoms with Crippen LogP contribution in [0.4, 0.5) is 5.69 Å². The first-order valence-corrected chi connectivity index (χ1v) is 7.30. The van der Waals surface area contributed by atoms with Crippen molar-refractivity contribution in [2.75, 3.05) is 25.0 Å². The lowest BCUT2D eigenvalue weighted by atomic mass is 10.0. The van der Waals surface area contributed by atoms with Crippen LogP contribution >= 0.6 is 34.8 Å². The quantitative estimate of drug-likeness (QED) is 0.842. The van der Waals surface area contributed by atoms with Crippen molar-refractivity contribution in [2.45, 2.75) is 18.9 Å². The number of nitrogens with zero attached hydrogens (tertiary/aromatic N) is 1. The highest BCUT2D eigenvalue weighted by Gasteiger charge is 2.20. The molecule has 0 aromatic heterocycles. The van der Waals surface area contributed by atoms with Crippen molar-refractivity contribution >= 4 is 40.5 Å². The van der Waals surface area contributed by atoms with Crippen molar-refractivity contribution < 1.29 is 0 Å². The molecule has 1 aromatic rings. The molecule has 0 spiro atoms. The molecule has 0 atom stereocenters. The molecule has 19 heavy (non-hydrogen) atoms. The van der Waals surface area contributed by atoms with Gasteiger partial charge in [0.25, 0.3) is 0 Å². The summed E-state index contributed by atoms with van der Waals surface area (Å²) in [6.45, 7) is 2.70. The summed E-state index contributed by atoms with van der Waals surface area (Å²) in [7, 11) is 0. The van der Waals surface area contributed by atoms with Crippen LogP contribution in [-0.4, -0.2) is 30.6 Å². The van der Waals surface area contributed by atoms with E-state index in [1.165, 1.54) is 0 Å². The van der Waals surface area contributed by atoms with Crippen LogP contribution in [0.1, 0.15) is 12.8 Å². The molecule has 1 N–H and O–H groups in total. The van der Waals surface area contributed by atoms with Crippen LogP contribution in [0, 0.1) is 12.3 Å². The van der Waals surface area contributed by atoms with Crippen molar-refractivity contribution in [3.05, 3.63) is 27.2 Å². The van der Waals surface area contributed by atoms with Gasteiger partial charge in [-0.2, -0.15) is 0 Å². The van der Waals surface area contributed by atoms with Gasteiger partial charge in [0.1, 0.15) is 0 Å². The third kappa shape index (κ3) is 3.94. The molecule has 0 unspecified atom stereocenters. The van der Waals surface area contributed by atoms with Gasteiger partial charge in [-0.3, -0.25) is 4.90 Å². The lowest BCUT2D eigenvalue weighted by Crippen LogP contribution is -2.39. The first kappa shape index (κ1) is 14.8. The van der Waals surface area contributed by atoms with E-state index in [2.05, 4.69) is 16.1 Å². The molecule has 2 nitrogen and oxygen atoms in total. The van der Waals surface area contributed by atoms with Gasteiger partial charge in [0.2, 0.25) is 0 Å². The highest BCUT2D eigenvalue weighted by atomic mass is 35.5. The minimum atomic E-state index is 0.366. The average Bonchev–Trinajstić information content (AvgIpc) is 2.36. The number of likely N-dealkylation sites (tertiary alicyclic amines) is 1. The van der Waals surface area contributed by atoms with Crippen LogP contribution in [0.25, 0.3) is 0 Å². The number of rotatable bonds is 3. The number of halogens is 3. The molecular formula is C14H15Cl3N2. The standard InChI is InChI=1S/C14H15Cl3N2/c1-2-5-19-6-3-11(4-7-19)18-14-12(16)8-10(15)9-13(14)17/h1,8-9,11,18H,3-7H2. The van der Waals surface area contributed by atoms with Gasteiger partial charge in [0.15, 0.2) is 0 Å². The van der Waals surface area contributed by atoms with Crippen molar-refractivity contribution in [3.63, 3.8) is 0 Å². The Labute approximate surface area is 129 Å². The second-order valence-electron chi connectivity index (χ2n) is 4.64. The molecule has 0 amide bonds. The van der Waals surface area contributed by atoms with E-state index in [9.17, 15) is 0 Å². The number of nitrogens with one attached hydrogen (secondary N) is 1. The van der Waals surface area contributed by atoms with Crippen molar-refractivity contribution in [1.29, 1.82) is 0 Å². The maximum atomic E-state index is 6.16. The number of anilines is 1. The SMILES string of the molecule is C#CCN1CCC(Nc2c(Cl)cc(Cl)cc2Cl)CC1. The fraction of sp³-hybridized carbons (Fsp3) is 0.429. The monoisotopic (exact) mass is 316 g/mol. The van der Waals surface area contributed by atoms with Gasteiger partial charge in [-0.05, 0) is 25.0 Å². The maximum Gasteiger partial charge on any atom is 0.0722 e. The van der Waals surface area contributed by atoms with Gasteiger partial charge in [-0.15, -0.1) is 6.42 Å². The first-order valence-electron chi connectivity index (χ1n) is 6.17. The lowest BCUT2D eigenvalue weighted by molar-refractivity contribution is 0.243. The summed E-state index contributed by atoms with van der Waals surface area (Å²) in [5.74, 6) is 2.68. The highest BCUT2D eigenvalue weighted by molar-refractivity contribution is 6.41. The third-order valence-corrected chi connectivity index (χ3v) is 4.07. The van der Waals surface area contributed by atoms with E-state index in [1.54, 1.807) is 12.1 Å². The summed E-state index contributed by atoms with van der Waals surface area (Å²) >= 11 is 18.2. The Hall–Kier alpha value is -0.590. The first-order chi connectivity index (χ1) is 9.10. The summed E-state index contributed by atoms with van der Waals surface area (Å²) in [5.41, 5.74) is 0.767. The maximum absolute atomic E-state index is 6.16. The van der Waals surface area contributed by atoms with Crippen molar-refractivity contribution in [1.82, 2.24) is 4.90 Å². The lowest BCUT2D eigenvalue weighted by Gasteiger charge is -2.32. The molecule has 1 fully saturated rings. The molecule has 1 aliphatic heterocycles. The van der Waals surface area contributed by atoms with Gasteiger partial charge in [-0.1, -0.05) is 40.7 Å². The zero-order valence-electron chi connectivity index (χ0n) is 10.4. The number of terminal acetylenes is 1. The van der Waals surface area contributed by atoms with Crippen LogP contribution in [0.3, 0.4) is 0 Å². The number of hydrogen-bond donors (Lipinski definition) is 1. The molecule has 0 bridgehead atoms. The Morgan fingerprint density at radius 3 is 2.32 bits per heavy atom. The summed E-state index contributed by atoms with van der Waals surface area (Å²) in [6.07, 6.45) is 7.37. The van der Waals surface area contributed by atoms with E-state index >= 15 is 0 Å². The number of piperidine rings is 1. The normalized spacial score (nSPS) is 17.2. The highest BCUT2D eigenvalue weighted by Crippen LogP contribution is 2.34. The number of hydrogen-bond acceptors (Lipinski definition) is 2. The Balaban J connectivity index is 1.98. The molecule has 102 valence electrons. The molecule has 0 saturated carbocycles. The van der Waals surface area contributed by atoms with Gasteiger partial charge in [0.05, 0.1) is 22.3 Å². The van der Waals surface area contributed by atoms with Gasteiger partial charge >= 0.3 is 0 Å². The largest absolute Gasteiger partial charge is 0.380 e. The summed E-state index contributed by atoms with van der Waals surface area (Å²) in [4.78, 5) is 2.27. The van der Waals surface area contributed by atoms with Gasteiger partial charge in [0, 0.05) is 24.2 Å². The molecule has 1 saturated heterocycles. The summed E-state index contributed by atoms with van der Waals surface area (Å²) in [5, 5.41) is 5.07. The van der Waals surface area contributed by atoms with Crippen LogP contribution in [-0.2, 0) is 0 Å². The van der Waals surface area contributed by atoms with Crippen molar-refractivity contribution in [2.24, 2.45) is 0 Å². The van der Waals surface area contributed by atoms with E-state index in [-0.39, 0.29) is 0 Å². The second-order valence-corrected chi connectivity index (χ2v) is 5.89. The van der Waals surface area contributed by atoms with Crippen LogP contribution in [0.2, 0.25) is 15.1 Å². The Morgan fingerprint density at radius 2 is 1.79 bits per heavy atom. The zero-order valence-corrected chi connectivity index (χ0v) is 12.7. The van der Waals surface area contributed by atoms with Crippen LogP contribution < -0.4 is 5.32 Å². The Kier molecular flexibility index (Phi) is 5.24. The molecular weight excluding hydrogens is 303 g/mol. The Morgan fingerprint density at radius 1 is 1.21 bits per heavy atom. The molecule has 1 aromatic carbocycles. The summed E-state index contributed by atoms with van der Waals surface area (Å²) < 4.78 is 0. The summed E-state index contributed by atoms with van der Waals surface area (Å²) in [6, 6.07) is 3.76. The fourth-order valence-corrected chi connectivity index (χ4v) is 3.17. The molecule has 1 heterocycles. The molecule has 0 radical (unpaired) electrons. The van der Waals surface area contributed by atoms with Gasteiger partial charge in [-0.25, -0.2) is 0 Å². The molecule has 0 aliphatic carbocycles. The predicted molar refractivity (Wildman–Crippen MR) is 83.4 cm³/mol. The van der Waals surface area contributed by atoms with E-state index in [0.29, 0.717) is 21.1 Å². The van der Waals surface area contributed by atoms with E-state index < -0.39 is 0 Å². The van der Waals surface area contributed by atoms with Crippen molar-refractivity contribution in [3.8, 4) is 12.3 Å². The predicted octanol–water partition coefficient (Wildman–Crippen LogP) is 4.16. The number of benzene rings is 1. The van der Waals surface area contributed by atoms with E-state index in [4.69, 9.17) is 41.2 Å². The minimum absolute atomic E-state index is 0.366. The van der Waals surface area contributed by atoms with Crippen LogP contribution in [0.5, 0.6) is 0 Å². The smallest absolute Gasteiger partial charge is 0.0722 e. The minimum Gasteiger partial charge on any atom is -0.380 e. The third-order valence-electron chi connectivity index (χ3n) is 3.26. The second kappa shape index (κ2) is 6.72. The topological polar surface area (TPSA) is 15.3 Å².